The molecule has 1 aliphatic rings. The van der Waals surface area contributed by atoms with Crippen LogP contribution in [0.5, 0.6) is 0 Å². The zero-order valence-corrected chi connectivity index (χ0v) is 14.0. The van der Waals surface area contributed by atoms with Gasteiger partial charge in [0.25, 0.3) is 0 Å². The van der Waals surface area contributed by atoms with Crippen LogP contribution in [-0.4, -0.2) is 26.1 Å². The van der Waals surface area contributed by atoms with Crippen LogP contribution in [0.15, 0.2) is 17.2 Å². The Hall–Kier alpha value is -0.850. The monoisotopic (exact) mass is 313 g/mol. The summed E-state index contributed by atoms with van der Waals surface area (Å²) in [6.07, 6.45) is 5.10. The molecular formula is C15H27N3O2S. The zero-order chi connectivity index (χ0) is 15.5. The maximum absolute atomic E-state index is 12.3. The number of rotatable bonds is 9. The molecule has 21 heavy (non-hydrogen) atoms. The van der Waals surface area contributed by atoms with Crippen molar-refractivity contribution in [1.82, 2.24) is 14.6 Å². The lowest BCUT2D eigenvalue weighted by Crippen LogP contribution is -2.25. The average molecular weight is 313 g/mol. The van der Waals surface area contributed by atoms with Crippen LogP contribution in [-0.2, 0) is 16.6 Å². The molecule has 1 heterocycles. The van der Waals surface area contributed by atoms with E-state index in [4.69, 9.17) is 0 Å². The Kier molecular flexibility index (Phi) is 5.46. The SMILES string of the molecule is CCCNCc1cc(S(=O)(=O)NCC2CC2)cn1C(C)C. The van der Waals surface area contributed by atoms with Crippen LogP contribution in [0.2, 0.25) is 0 Å². The molecule has 0 radical (unpaired) electrons. The molecule has 1 saturated carbocycles. The lowest BCUT2D eigenvalue weighted by atomic mass is 10.3. The highest BCUT2D eigenvalue weighted by Gasteiger charge is 2.25. The van der Waals surface area contributed by atoms with Gasteiger partial charge in [-0.05, 0) is 51.6 Å². The molecule has 0 atom stereocenters. The fourth-order valence-corrected chi connectivity index (χ4v) is 3.46. The zero-order valence-electron chi connectivity index (χ0n) is 13.2. The summed E-state index contributed by atoms with van der Waals surface area (Å²) in [5.74, 6) is 0.539. The number of nitrogens with one attached hydrogen (secondary N) is 2. The predicted molar refractivity (Wildman–Crippen MR) is 84.7 cm³/mol. The summed E-state index contributed by atoms with van der Waals surface area (Å²) >= 11 is 0. The van der Waals surface area contributed by atoms with Gasteiger partial charge < -0.3 is 9.88 Å². The van der Waals surface area contributed by atoms with E-state index in [0.717, 1.165) is 31.5 Å². The van der Waals surface area contributed by atoms with E-state index in [0.29, 0.717) is 23.9 Å². The van der Waals surface area contributed by atoms with Crippen molar-refractivity contribution in [2.75, 3.05) is 13.1 Å². The van der Waals surface area contributed by atoms with E-state index in [9.17, 15) is 8.42 Å². The third kappa shape index (κ3) is 4.56. The molecule has 0 amide bonds. The van der Waals surface area contributed by atoms with Gasteiger partial charge in [-0.3, -0.25) is 0 Å². The minimum absolute atomic E-state index is 0.246. The Bertz CT molecular complexity index is 559. The number of hydrogen-bond acceptors (Lipinski definition) is 3. The van der Waals surface area contributed by atoms with Crippen molar-refractivity contribution in [3.05, 3.63) is 18.0 Å². The lowest BCUT2D eigenvalue weighted by molar-refractivity contribution is 0.549. The Morgan fingerprint density at radius 3 is 2.67 bits per heavy atom. The summed E-state index contributed by atoms with van der Waals surface area (Å²) in [7, 11) is -3.38. The van der Waals surface area contributed by atoms with Crippen molar-refractivity contribution >= 4 is 10.0 Å². The topological polar surface area (TPSA) is 63.1 Å². The third-order valence-electron chi connectivity index (χ3n) is 3.77. The Balaban J connectivity index is 2.12. The standard InChI is InChI=1S/C15H27N3O2S/c1-4-7-16-10-14-8-15(11-18(14)12(2)3)21(19,20)17-9-13-5-6-13/h8,11-13,16-17H,4-7,9-10H2,1-3H3. The molecule has 0 aromatic carbocycles. The van der Waals surface area contributed by atoms with E-state index < -0.39 is 10.0 Å². The van der Waals surface area contributed by atoms with Gasteiger partial charge in [-0.15, -0.1) is 0 Å². The Morgan fingerprint density at radius 2 is 2.10 bits per heavy atom. The maximum atomic E-state index is 12.3. The second-order valence-corrected chi connectivity index (χ2v) is 7.91. The van der Waals surface area contributed by atoms with Gasteiger partial charge in [0.1, 0.15) is 0 Å². The lowest BCUT2D eigenvalue weighted by Gasteiger charge is -2.13. The third-order valence-corrected chi connectivity index (χ3v) is 5.16. The summed E-state index contributed by atoms with van der Waals surface area (Å²) in [6, 6.07) is 2.04. The molecule has 2 N–H and O–H groups in total. The molecule has 0 unspecified atom stereocenters. The van der Waals surface area contributed by atoms with Crippen LogP contribution in [0.4, 0.5) is 0 Å². The van der Waals surface area contributed by atoms with Gasteiger partial charge in [0, 0.05) is 31.0 Å². The quantitative estimate of drug-likeness (QED) is 0.687. The summed E-state index contributed by atoms with van der Waals surface area (Å²) in [5.41, 5.74) is 1.02. The first-order valence-corrected chi connectivity index (χ1v) is 9.33. The molecule has 6 heteroatoms. The number of sulfonamides is 1. The van der Waals surface area contributed by atoms with Crippen LogP contribution < -0.4 is 10.0 Å². The Labute approximate surface area is 128 Å². The van der Waals surface area contributed by atoms with Gasteiger partial charge >= 0.3 is 0 Å². The van der Waals surface area contributed by atoms with Crippen molar-refractivity contribution in [2.24, 2.45) is 5.92 Å². The fraction of sp³-hybridized carbons (Fsp3) is 0.733. The minimum atomic E-state index is -3.38. The maximum Gasteiger partial charge on any atom is 0.242 e. The molecule has 5 nitrogen and oxygen atoms in total. The molecule has 0 aliphatic heterocycles. The molecule has 2 rings (SSSR count). The van der Waals surface area contributed by atoms with E-state index in [2.05, 4.69) is 30.8 Å². The van der Waals surface area contributed by atoms with E-state index >= 15 is 0 Å². The summed E-state index contributed by atoms with van der Waals surface area (Å²) in [5, 5.41) is 3.34. The van der Waals surface area contributed by atoms with Crippen molar-refractivity contribution in [3.8, 4) is 0 Å². The first-order valence-electron chi connectivity index (χ1n) is 7.85. The molecule has 1 aromatic heterocycles. The van der Waals surface area contributed by atoms with E-state index in [1.54, 1.807) is 12.3 Å². The van der Waals surface area contributed by atoms with Gasteiger partial charge in [0.15, 0.2) is 0 Å². The van der Waals surface area contributed by atoms with E-state index in [1.165, 1.54) is 0 Å². The largest absolute Gasteiger partial charge is 0.346 e. The van der Waals surface area contributed by atoms with Gasteiger partial charge in [-0.2, -0.15) is 0 Å². The number of nitrogens with zero attached hydrogens (tertiary/aromatic N) is 1. The molecule has 0 bridgehead atoms. The van der Waals surface area contributed by atoms with Crippen molar-refractivity contribution < 1.29 is 8.42 Å². The normalized spacial score (nSPS) is 15.8. The second-order valence-electron chi connectivity index (χ2n) is 6.14. The second kappa shape index (κ2) is 6.94. The van der Waals surface area contributed by atoms with Crippen molar-refractivity contribution in [1.29, 1.82) is 0 Å². The summed E-state index contributed by atoms with van der Waals surface area (Å²) < 4.78 is 29.4. The van der Waals surface area contributed by atoms with Gasteiger partial charge in [0.05, 0.1) is 4.90 Å². The highest BCUT2D eigenvalue weighted by molar-refractivity contribution is 7.89. The molecule has 0 spiro atoms. The highest BCUT2D eigenvalue weighted by Crippen LogP contribution is 2.28. The summed E-state index contributed by atoms with van der Waals surface area (Å²) in [4.78, 5) is 0.380. The average Bonchev–Trinajstić information content (AvgIpc) is 3.15. The highest BCUT2D eigenvalue weighted by atomic mass is 32.2. The summed E-state index contributed by atoms with van der Waals surface area (Å²) in [6.45, 7) is 8.45. The van der Waals surface area contributed by atoms with Crippen LogP contribution in [0.3, 0.4) is 0 Å². The van der Waals surface area contributed by atoms with Crippen LogP contribution >= 0.6 is 0 Å². The van der Waals surface area contributed by atoms with Crippen molar-refractivity contribution in [3.63, 3.8) is 0 Å². The molecule has 1 fully saturated rings. The van der Waals surface area contributed by atoms with Crippen LogP contribution in [0.1, 0.15) is 51.8 Å². The van der Waals surface area contributed by atoms with E-state index in [-0.39, 0.29) is 6.04 Å². The van der Waals surface area contributed by atoms with Crippen molar-refractivity contribution in [2.45, 2.75) is 57.5 Å². The van der Waals surface area contributed by atoms with Gasteiger partial charge in [0.2, 0.25) is 10.0 Å². The molecule has 1 aliphatic carbocycles. The smallest absolute Gasteiger partial charge is 0.242 e. The fourth-order valence-electron chi connectivity index (χ4n) is 2.29. The minimum Gasteiger partial charge on any atom is -0.346 e. The predicted octanol–water partition coefficient (Wildman–Crippen LogP) is 2.26. The van der Waals surface area contributed by atoms with Crippen LogP contribution in [0.25, 0.3) is 0 Å². The molecule has 1 aromatic rings. The van der Waals surface area contributed by atoms with Gasteiger partial charge in [-0.25, -0.2) is 13.1 Å². The van der Waals surface area contributed by atoms with Crippen LogP contribution in [0, 0.1) is 5.92 Å². The Morgan fingerprint density at radius 1 is 1.38 bits per heavy atom. The molecular weight excluding hydrogens is 286 g/mol. The van der Waals surface area contributed by atoms with E-state index in [1.807, 2.05) is 4.57 Å². The number of hydrogen-bond donors (Lipinski definition) is 2. The molecule has 0 saturated heterocycles. The van der Waals surface area contributed by atoms with Gasteiger partial charge in [-0.1, -0.05) is 6.92 Å². The first kappa shape index (κ1) is 16.5. The number of aromatic nitrogens is 1. The molecule has 120 valence electrons. The first-order chi connectivity index (χ1) is 9.94.